The van der Waals surface area contributed by atoms with E-state index in [0.717, 1.165) is 0 Å². The summed E-state index contributed by atoms with van der Waals surface area (Å²) in [5, 5.41) is 12.2. The summed E-state index contributed by atoms with van der Waals surface area (Å²) in [6.07, 6.45) is 0.0370. The lowest BCUT2D eigenvalue weighted by Gasteiger charge is -2.31. The van der Waals surface area contributed by atoms with Gasteiger partial charge in [-0.1, -0.05) is 0 Å². The summed E-state index contributed by atoms with van der Waals surface area (Å²) in [7, 11) is 0. The number of carbonyl (C=O) groups is 2. The third kappa shape index (κ3) is 4.14. The first-order valence-electron chi connectivity index (χ1n) is 8.23. The second kappa shape index (κ2) is 7.76. The number of fused-ring (bicyclic) bond motifs is 1. The first-order valence-corrected chi connectivity index (χ1v) is 8.23. The Balaban J connectivity index is 1.82. The molecule has 1 aliphatic rings. The molecule has 0 spiro atoms. The fourth-order valence-corrected chi connectivity index (χ4v) is 3.00. The highest BCUT2D eigenvalue weighted by Crippen LogP contribution is 2.20. The maximum Gasteiger partial charge on any atom is 0.329 e. The Labute approximate surface area is 149 Å². The molecule has 1 saturated heterocycles. The highest BCUT2D eigenvalue weighted by molar-refractivity contribution is 6.06. The van der Waals surface area contributed by atoms with E-state index < -0.39 is 30.5 Å². The number of rotatable bonds is 5. The third-order valence-corrected chi connectivity index (χ3v) is 4.17. The van der Waals surface area contributed by atoms with Gasteiger partial charge in [0.05, 0.1) is 29.8 Å². The lowest BCUT2D eigenvalue weighted by Crippen LogP contribution is -2.51. The number of amides is 1. The number of aromatic nitrogens is 1. The minimum absolute atomic E-state index is 0.229. The molecule has 2 atom stereocenters. The summed E-state index contributed by atoms with van der Waals surface area (Å²) < 4.78 is 24.2. The fraction of sp³-hybridized carbons (Fsp3) is 0.389. The molecule has 0 radical (unpaired) electrons. The minimum atomic E-state index is -1.07. The van der Waals surface area contributed by atoms with Gasteiger partial charge < -0.3 is 19.9 Å². The molecule has 2 N–H and O–H groups in total. The Morgan fingerprint density at radius 1 is 1.42 bits per heavy atom. The molecule has 1 amide bonds. The monoisotopic (exact) mass is 362 g/mol. The van der Waals surface area contributed by atoms with E-state index in [-0.39, 0.29) is 12.5 Å². The van der Waals surface area contributed by atoms with E-state index in [0.29, 0.717) is 35.2 Å². The average molecular weight is 362 g/mol. The van der Waals surface area contributed by atoms with E-state index in [1.807, 2.05) is 0 Å². The minimum Gasteiger partial charge on any atom is -0.480 e. The number of carbonyl (C=O) groups excluding carboxylic acids is 1. The van der Waals surface area contributed by atoms with Crippen molar-refractivity contribution in [3.05, 3.63) is 41.3 Å². The van der Waals surface area contributed by atoms with Crippen molar-refractivity contribution in [3.8, 4) is 0 Å². The molecule has 3 rings (SSSR count). The Hall–Kier alpha value is -2.58. The first kappa shape index (κ1) is 18.2. The van der Waals surface area contributed by atoms with Gasteiger partial charge in [0.25, 0.3) is 5.91 Å². The van der Waals surface area contributed by atoms with Crippen LogP contribution in [-0.2, 0) is 14.3 Å². The fourth-order valence-electron chi connectivity index (χ4n) is 3.00. The summed E-state index contributed by atoms with van der Waals surface area (Å²) in [5.74, 6) is -1.87. The number of carboxylic acids is 1. The maximum atomic E-state index is 13.5. The summed E-state index contributed by atoms with van der Waals surface area (Å²) >= 11 is 0. The van der Waals surface area contributed by atoms with Crippen LogP contribution in [0.2, 0.25) is 0 Å². The molecule has 0 aliphatic carbocycles. The van der Waals surface area contributed by atoms with Gasteiger partial charge in [-0.15, -0.1) is 0 Å². The standard InChI is InChI=1S/C18H19FN2O5/c1-10-6-13(12-3-2-11(19)7-14(12)20-10)18(24)21-15-8-25-5-4-16(15)26-9-17(22)23/h2-3,6-7,15-16H,4-5,8-9H2,1H3,(H,21,24)(H,22,23)/t15-,16+/m1/s1. The van der Waals surface area contributed by atoms with Gasteiger partial charge in [-0.25, -0.2) is 9.18 Å². The number of halogens is 1. The average Bonchev–Trinajstić information content (AvgIpc) is 2.59. The van der Waals surface area contributed by atoms with Crippen LogP contribution in [0.1, 0.15) is 22.5 Å². The number of nitrogens with zero attached hydrogens (tertiary/aromatic N) is 1. The van der Waals surface area contributed by atoms with E-state index in [1.165, 1.54) is 18.2 Å². The summed E-state index contributed by atoms with van der Waals surface area (Å²) in [4.78, 5) is 27.8. The van der Waals surface area contributed by atoms with Crippen molar-refractivity contribution in [1.82, 2.24) is 10.3 Å². The zero-order chi connectivity index (χ0) is 18.7. The largest absolute Gasteiger partial charge is 0.480 e. The van der Waals surface area contributed by atoms with Crippen molar-refractivity contribution in [2.24, 2.45) is 0 Å². The molecule has 1 aliphatic heterocycles. The Kier molecular flexibility index (Phi) is 5.43. The Morgan fingerprint density at radius 2 is 2.23 bits per heavy atom. The van der Waals surface area contributed by atoms with E-state index in [2.05, 4.69) is 10.3 Å². The van der Waals surface area contributed by atoms with Gasteiger partial charge in [-0.3, -0.25) is 9.78 Å². The van der Waals surface area contributed by atoms with Crippen LogP contribution in [0.4, 0.5) is 4.39 Å². The van der Waals surface area contributed by atoms with E-state index in [9.17, 15) is 14.0 Å². The molecule has 7 nitrogen and oxygen atoms in total. The van der Waals surface area contributed by atoms with Crippen LogP contribution in [0, 0.1) is 12.7 Å². The quantitative estimate of drug-likeness (QED) is 0.840. The molecule has 138 valence electrons. The summed E-state index contributed by atoms with van der Waals surface area (Å²) in [5.41, 5.74) is 1.36. The molecule has 1 fully saturated rings. The lowest BCUT2D eigenvalue weighted by atomic mass is 10.0. The number of nitrogens with one attached hydrogen (secondary N) is 1. The van der Waals surface area contributed by atoms with Crippen molar-refractivity contribution in [3.63, 3.8) is 0 Å². The predicted octanol–water partition coefficient (Wildman–Crippen LogP) is 1.67. The molecule has 8 heteroatoms. The highest BCUT2D eigenvalue weighted by atomic mass is 19.1. The van der Waals surface area contributed by atoms with Gasteiger partial charge in [0.15, 0.2) is 0 Å². The van der Waals surface area contributed by atoms with Crippen molar-refractivity contribution in [2.75, 3.05) is 19.8 Å². The van der Waals surface area contributed by atoms with E-state index in [1.54, 1.807) is 13.0 Å². The summed E-state index contributed by atoms with van der Waals surface area (Å²) in [6, 6.07) is 5.23. The first-order chi connectivity index (χ1) is 12.4. The van der Waals surface area contributed by atoms with Crippen molar-refractivity contribution in [1.29, 1.82) is 0 Å². The summed E-state index contributed by atoms with van der Waals surface area (Å²) in [6.45, 7) is 1.96. The van der Waals surface area contributed by atoms with Crippen LogP contribution in [0.5, 0.6) is 0 Å². The molecular formula is C18H19FN2O5. The van der Waals surface area contributed by atoms with Crippen LogP contribution < -0.4 is 5.32 Å². The number of aryl methyl sites for hydroxylation is 1. The molecule has 1 aromatic heterocycles. The topological polar surface area (TPSA) is 97.8 Å². The lowest BCUT2D eigenvalue weighted by molar-refractivity contribution is -0.147. The number of benzene rings is 1. The molecule has 2 aromatic rings. The molecule has 0 bridgehead atoms. The number of pyridine rings is 1. The van der Waals surface area contributed by atoms with Crippen LogP contribution in [0.3, 0.4) is 0 Å². The zero-order valence-electron chi connectivity index (χ0n) is 14.2. The Morgan fingerprint density at radius 3 is 3.00 bits per heavy atom. The zero-order valence-corrected chi connectivity index (χ0v) is 14.2. The number of carboxylic acid groups (broad SMARTS) is 1. The van der Waals surface area contributed by atoms with Crippen LogP contribution >= 0.6 is 0 Å². The SMILES string of the molecule is Cc1cc(C(=O)N[C@@H]2COCC[C@@H]2OCC(=O)O)c2ccc(F)cc2n1. The number of ether oxygens (including phenoxy) is 2. The number of hydrogen-bond donors (Lipinski definition) is 2. The Bertz CT molecular complexity index is 836. The smallest absolute Gasteiger partial charge is 0.329 e. The molecule has 0 unspecified atom stereocenters. The van der Waals surface area contributed by atoms with Gasteiger partial charge in [0.2, 0.25) is 0 Å². The van der Waals surface area contributed by atoms with Gasteiger partial charge in [0, 0.05) is 23.8 Å². The molecule has 0 saturated carbocycles. The normalized spacial score (nSPS) is 20.1. The van der Waals surface area contributed by atoms with Crippen LogP contribution in [0.15, 0.2) is 24.3 Å². The van der Waals surface area contributed by atoms with Crippen molar-refractivity contribution >= 4 is 22.8 Å². The second-order valence-corrected chi connectivity index (χ2v) is 6.16. The molecular weight excluding hydrogens is 343 g/mol. The number of aliphatic carboxylic acids is 1. The maximum absolute atomic E-state index is 13.5. The van der Waals surface area contributed by atoms with Gasteiger partial charge in [-0.2, -0.15) is 0 Å². The van der Waals surface area contributed by atoms with Crippen LogP contribution in [0.25, 0.3) is 10.9 Å². The molecule has 26 heavy (non-hydrogen) atoms. The number of hydrogen-bond acceptors (Lipinski definition) is 5. The third-order valence-electron chi connectivity index (χ3n) is 4.17. The van der Waals surface area contributed by atoms with Gasteiger partial charge in [-0.05, 0) is 31.5 Å². The van der Waals surface area contributed by atoms with Crippen LogP contribution in [-0.4, -0.2) is 53.9 Å². The predicted molar refractivity (Wildman–Crippen MR) is 90.5 cm³/mol. The van der Waals surface area contributed by atoms with Gasteiger partial charge in [0.1, 0.15) is 12.4 Å². The van der Waals surface area contributed by atoms with Crippen molar-refractivity contribution in [2.45, 2.75) is 25.5 Å². The van der Waals surface area contributed by atoms with E-state index >= 15 is 0 Å². The van der Waals surface area contributed by atoms with Gasteiger partial charge >= 0.3 is 5.97 Å². The van der Waals surface area contributed by atoms with E-state index in [4.69, 9.17) is 14.6 Å². The molecule has 2 heterocycles. The second-order valence-electron chi connectivity index (χ2n) is 6.16. The molecule has 1 aromatic carbocycles. The highest BCUT2D eigenvalue weighted by Gasteiger charge is 2.29. The van der Waals surface area contributed by atoms with Crippen molar-refractivity contribution < 1.29 is 28.6 Å².